The standard InChI is InChI=1S/C20H23N3O2S/c1-15(14-19-4-3-13-26-19)20(25)21-17-5-7-18(8-6-17)23-11-9-22(10-12-23)16(2)24/h3-8,13-14H,9-12H2,1-2H3,(H,21,25)/b15-14+. The summed E-state index contributed by atoms with van der Waals surface area (Å²) in [5.41, 5.74) is 2.56. The fourth-order valence-electron chi connectivity index (χ4n) is 2.92. The van der Waals surface area contributed by atoms with Crippen LogP contribution in [0, 0.1) is 0 Å². The van der Waals surface area contributed by atoms with Crippen molar-refractivity contribution in [3.63, 3.8) is 0 Å². The lowest BCUT2D eigenvalue weighted by Crippen LogP contribution is -2.48. The van der Waals surface area contributed by atoms with Crippen molar-refractivity contribution < 1.29 is 9.59 Å². The number of benzene rings is 1. The van der Waals surface area contributed by atoms with Crippen molar-refractivity contribution in [2.24, 2.45) is 0 Å². The lowest BCUT2D eigenvalue weighted by molar-refractivity contribution is -0.129. The third-order valence-electron chi connectivity index (χ3n) is 4.48. The Bertz CT molecular complexity index is 789. The minimum Gasteiger partial charge on any atom is -0.368 e. The molecule has 2 amide bonds. The van der Waals surface area contributed by atoms with E-state index in [1.165, 1.54) is 0 Å². The van der Waals surface area contributed by atoms with Gasteiger partial charge in [0.05, 0.1) is 0 Å². The number of carbonyl (C=O) groups is 2. The molecule has 3 rings (SSSR count). The molecular formula is C20H23N3O2S. The number of amides is 2. The van der Waals surface area contributed by atoms with Crippen molar-refractivity contribution >= 4 is 40.6 Å². The van der Waals surface area contributed by atoms with Crippen LogP contribution in [-0.2, 0) is 9.59 Å². The normalized spacial score (nSPS) is 15.1. The second-order valence-corrected chi connectivity index (χ2v) is 7.32. The first kappa shape index (κ1) is 18.2. The molecule has 2 heterocycles. The number of nitrogens with zero attached hydrogens (tertiary/aromatic N) is 2. The first-order valence-electron chi connectivity index (χ1n) is 8.66. The van der Waals surface area contributed by atoms with Gasteiger partial charge in [0.1, 0.15) is 0 Å². The van der Waals surface area contributed by atoms with E-state index in [0.717, 1.165) is 42.4 Å². The van der Waals surface area contributed by atoms with Gasteiger partial charge >= 0.3 is 0 Å². The van der Waals surface area contributed by atoms with Gasteiger partial charge in [0.2, 0.25) is 5.91 Å². The van der Waals surface area contributed by atoms with E-state index < -0.39 is 0 Å². The predicted octanol–water partition coefficient (Wildman–Crippen LogP) is 3.46. The molecule has 0 radical (unpaired) electrons. The van der Waals surface area contributed by atoms with Crippen LogP contribution in [0.4, 0.5) is 11.4 Å². The average molecular weight is 369 g/mol. The van der Waals surface area contributed by atoms with Gasteiger partial charge in [-0.15, -0.1) is 11.3 Å². The van der Waals surface area contributed by atoms with E-state index in [2.05, 4.69) is 10.2 Å². The Morgan fingerprint density at radius 3 is 2.31 bits per heavy atom. The Labute approximate surface area is 157 Å². The molecule has 1 saturated heterocycles. The van der Waals surface area contributed by atoms with Crippen LogP contribution in [0.25, 0.3) is 6.08 Å². The van der Waals surface area contributed by atoms with E-state index in [0.29, 0.717) is 5.57 Å². The highest BCUT2D eigenvalue weighted by molar-refractivity contribution is 7.10. The van der Waals surface area contributed by atoms with Gasteiger partial charge in [-0.05, 0) is 48.7 Å². The molecule has 26 heavy (non-hydrogen) atoms. The summed E-state index contributed by atoms with van der Waals surface area (Å²) in [7, 11) is 0. The molecule has 2 aromatic rings. The average Bonchev–Trinajstić information content (AvgIpc) is 3.15. The van der Waals surface area contributed by atoms with Crippen molar-refractivity contribution in [3.8, 4) is 0 Å². The summed E-state index contributed by atoms with van der Waals surface area (Å²) in [5, 5.41) is 4.92. The highest BCUT2D eigenvalue weighted by Gasteiger charge is 2.18. The van der Waals surface area contributed by atoms with Crippen LogP contribution >= 0.6 is 11.3 Å². The third-order valence-corrected chi connectivity index (χ3v) is 5.29. The smallest absolute Gasteiger partial charge is 0.251 e. The number of thiophene rings is 1. The summed E-state index contributed by atoms with van der Waals surface area (Å²) in [4.78, 5) is 28.9. The number of rotatable bonds is 4. The van der Waals surface area contributed by atoms with E-state index in [4.69, 9.17) is 0 Å². The molecule has 1 aromatic carbocycles. The van der Waals surface area contributed by atoms with Gasteiger partial charge < -0.3 is 15.1 Å². The maximum absolute atomic E-state index is 12.3. The van der Waals surface area contributed by atoms with Gasteiger partial charge in [-0.2, -0.15) is 0 Å². The van der Waals surface area contributed by atoms with Gasteiger partial charge in [0.25, 0.3) is 5.91 Å². The Morgan fingerprint density at radius 1 is 1.04 bits per heavy atom. The van der Waals surface area contributed by atoms with Gasteiger partial charge in [0.15, 0.2) is 0 Å². The van der Waals surface area contributed by atoms with Crippen LogP contribution in [0.15, 0.2) is 47.4 Å². The Hall–Kier alpha value is -2.60. The SMILES string of the molecule is CC(=O)N1CCN(c2ccc(NC(=O)/C(C)=C/c3cccs3)cc2)CC1. The van der Waals surface area contributed by atoms with Crippen molar-refractivity contribution in [2.45, 2.75) is 13.8 Å². The van der Waals surface area contributed by atoms with E-state index in [1.807, 2.05) is 59.7 Å². The molecule has 1 aliphatic rings. The Balaban J connectivity index is 1.58. The molecule has 5 nitrogen and oxygen atoms in total. The zero-order chi connectivity index (χ0) is 18.5. The summed E-state index contributed by atoms with van der Waals surface area (Å²) >= 11 is 1.61. The zero-order valence-corrected chi connectivity index (χ0v) is 15.9. The fourth-order valence-corrected chi connectivity index (χ4v) is 3.63. The molecule has 0 bridgehead atoms. The molecule has 1 fully saturated rings. The summed E-state index contributed by atoms with van der Waals surface area (Å²) < 4.78 is 0. The van der Waals surface area contributed by atoms with E-state index in [9.17, 15) is 9.59 Å². The molecule has 136 valence electrons. The van der Waals surface area contributed by atoms with Crippen molar-refractivity contribution in [1.29, 1.82) is 0 Å². The van der Waals surface area contributed by atoms with Crippen molar-refractivity contribution in [3.05, 3.63) is 52.2 Å². The summed E-state index contributed by atoms with van der Waals surface area (Å²) in [6.45, 7) is 6.59. The summed E-state index contributed by atoms with van der Waals surface area (Å²) in [6, 6.07) is 11.8. The molecule has 1 aromatic heterocycles. The maximum Gasteiger partial charge on any atom is 0.251 e. The summed E-state index contributed by atoms with van der Waals surface area (Å²) in [5.74, 6) is 0.0369. The molecule has 0 unspecified atom stereocenters. The number of hydrogen-bond donors (Lipinski definition) is 1. The highest BCUT2D eigenvalue weighted by atomic mass is 32.1. The molecule has 1 N–H and O–H groups in total. The first-order valence-corrected chi connectivity index (χ1v) is 9.54. The van der Waals surface area contributed by atoms with Crippen LogP contribution in [0.2, 0.25) is 0 Å². The fraction of sp³-hybridized carbons (Fsp3) is 0.300. The number of piperazine rings is 1. The van der Waals surface area contributed by atoms with E-state index in [1.54, 1.807) is 18.3 Å². The van der Waals surface area contributed by atoms with Crippen LogP contribution in [0.3, 0.4) is 0 Å². The number of hydrogen-bond acceptors (Lipinski definition) is 4. The molecule has 1 aliphatic heterocycles. The molecule has 0 aliphatic carbocycles. The topological polar surface area (TPSA) is 52.7 Å². The number of anilines is 2. The molecule has 6 heteroatoms. The van der Waals surface area contributed by atoms with Gasteiger partial charge in [-0.25, -0.2) is 0 Å². The van der Waals surface area contributed by atoms with Crippen molar-refractivity contribution in [1.82, 2.24) is 4.90 Å². The minimum absolute atomic E-state index is 0.0961. The zero-order valence-electron chi connectivity index (χ0n) is 15.1. The van der Waals surface area contributed by atoms with Crippen LogP contribution in [0.5, 0.6) is 0 Å². The van der Waals surface area contributed by atoms with E-state index in [-0.39, 0.29) is 11.8 Å². The maximum atomic E-state index is 12.3. The number of nitrogens with one attached hydrogen (secondary N) is 1. The minimum atomic E-state index is -0.0961. The Morgan fingerprint density at radius 2 is 1.73 bits per heavy atom. The quantitative estimate of drug-likeness (QED) is 0.840. The highest BCUT2D eigenvalue weighted by Crippen LogP contribution is 2.20. The lowest BCUT2D eigenvalue weighted by Gasteiger charge is -2.35. The van der Waals surface area contributed by atoms with Gasteiger partial charge in [0, 0.05) is 54.9 Å². The monoisotopic (exact) mass is 369 g/mol. The molecule has 0 atom stereocenters. The second kappa shape index (κ2) is 8.19. The van der Waals surface area contributed by atoms with Crippen molar-refractivity contribution in [2.75, 3.05) is 36.4 Å². The van der Waals surface area contributed by atoms with Crippen LogP contribution in [-0.4, -0.2) is 42.9 Å². The summed E-state index contributed by atoms with van der Waals surface area (Å²) in [6.07, 6.45) is 1.89. The lowest BCUT2D eigenvalue weighted by atomic mass is 10.2. The predicted molar refractivity (Wildman–Crippen MR) is 108 cm³/mol. The second-order valence-electron chi connectivity index (χ2n) is 6.34. The molecule has 0 spiro atoms. The molecular weight excluding hydrogens is 346 g/mol. The first-order chi connectivity index (χ1) is 12.5. The largest absolute Gasteiger partial charge is 0.368 e. The molecule has 0 saturated carbocycles. The number of carbonyl (C=O) groups excluding carboxylic acids is 2. The van der Waals surface area contributed by atoms with Gasteiger partial charge in [-0.3, -0.25) is 9.59 Å². The third kappa shape index (κ3) is 4.52. The van der Waals surface area contributed by atoms with Crippen LogP contribution < -0.4 is 10.2 Å². The van der Waals surface area contributed by atoms with Gasteiger partial charge in [-0.1, -0.05) is 6.07 Å². The van der Waals surface area contributed by atoms with E-state index >= 15 is 0 Å². The van der Waals surface area contributed by atoms with Crippen LogP contribution in [0.1, 0.15) is 18.7 Å². The Kier molecular flexibility index (Phi) is 5.73.